The summed E-state index contributed by atoms with van der Waals surface area (Å²) in [5.74, 6) is 9.31. The molecule has 2 nitrogen and oxygen atoms in total. The van der Waals surface area contributed by atoms with E-state index in [2.05, 4.69) is 50.5 Å². The molecule has 3 N–H and O–H groups in total. The standard InChI is InChI=1S/C17H28N2S/c1-12-8-9-15(10-14(12)3)16(19-18)11-20-17-7-5-4-6-13(17)2/h4-7,12,14-16,19H,8-11,18H2,1-3H3. The Morgan fingerprint density at radius 2 is 2.00 bits per heavy atom. The number of nitrogens with one attached hydrogen (secondary N) is 1. The smallest absolute Gasteiger partial charge is 0.0332 e. The van der Waals surface area contributed by atoms with Crippen molar-refractivity contribution < 1.29 is 0 Å². The fraction of sp³-hybridized carbons (Fsp3) is 0.647. The van der Waals surface area contributed by atoms with Crippen LogP contribution in [0, 0.1) is 24.7 Å². The first kappa shape index (κ1) is 15.9. The van der Waals surface area contributed by atoms with E-state index in [1.807, 2.05) is 11.8 Å². The van der Waals surface area contributed by atoms with Gasteiger partial charge in [-0.25, -0.2) is 0 Å². The summed E-state index contributed by atoms with van der Waals surface area (Å²) in [5, 5.41) is 0. The van der Waals surface area contributed by atoms with Crippen molar-refractivity contribution in [2.75, 3.05) is 5.75 Å². The predicted molar refractivity (Wildman–Crippen MR) is 88.7 cm³/mol. The van der Waals surface area contributed by atoms with Gasteiger partial charge in [0.05, 0.1) is 0 Å². The van der Waals surface area contributed by atoms with Crippen molar-refractivity contribution in [1.29, 1.82) is 0 Å². The van der Waals surface area contributed by atoms with Crippen molar-refractivity contribution >= 4 is 11.8 Å². The van der Waals surface area contributed by atoms with E-state index in [9.17, 15) is 0 Å². The van der Waals surface area contributed by atoms with E-state index < -0.39 is 0 Å². The first-order valence-electron chi connectivity index (χ1n) is 7.76. The summed E-state index contributed by atoms with van der Waals surface area (Å²) in [5.41, 5.74) is 4.44. The maximum absolute atomic E-state index is 5.82. The third-order valence-corrected chi connectivity index (χ3v) is 6.23. The number of hydrogen-bond donors (Lipinski definition) is 2. The quantitative estimate of drug-likeness (QED) is 0.489. The van der Waals surface area contributed by atoms with Crippen LogP contribution < -0.4 is 11.3 Å². The SMILES string of the molecule is Cc1ccccc1SCC(NN)C1CCC(C)C(C)C1. The number of nitrogens with two attached hydrogens (primary N) is 1. The Hall–Kier alpha value is -0.510. The average Bonchev–Trinajstić information content (AvgIpc) is 2.45. The molecule has 4 unspecified atom stereocenters. The largest absolute Gasteiger partial charge is 0.271 e. The van der Waals surface area contributed by atoms with Crippen molar-refractivity contribution in [3.8, 4) is 0 Å². The van der Waals surface area contributed by atoms with Crippen molar-refractivity contribution in [2.24, 2.45) is 23.6 Å². The van der Waals surface area contributed by atoms with E-state index in [4.69, 9.17) is 5.84 Å². The third kappa shape index (κ3) is 4.00. The monoisotopic (exact) mass is 292 g/mol. The van der Waals surface area contributed by atoms with Gasteiger partial charge in [-0.2, -0.15) is 0 Å². The highest BCUT2D eigenvalue weighted by molar-refractivity contribution is 7.99. The van der Waals surface area contributed by atoms with Crippen LogP contribution >= 0.6 is 11.8 Å². The first-order valence-corrected chi connectivity index (χ1v) is 8.75. The maximum atomic E-state index is 5.82. The molecule has 0 radical (unpaired) electrons. The number of aryl methyl sites for hydroxylation is 1. The van der Waals surface area contributed by atoms with Gasteiger partial charge in [0.25, 0.3) is 0 Å². The van der Waals surface area contributed by atoms with Gasteiger partial charge in [0, 0.05) is 16.7 Å². The second-order valence-corrected chi connectivity index (χ2v) is 7.44. The minimum atomic E-state index is 0.426. The van der Waals surface area contributed by atoms with Gasteiger partial charge >= 0.3 is 0 Å². The number of hydrogen-bond acceptors (Lipinski definition) is 3. The van der Waals surface area contributed by atoms with E-state index in [0.29, 0.717) is 6.04 Å². The Kier molecular flexibility index (Phi) is 5.94. The summed E-state index contributed by atoms with van der Waals surface area (Å²) in [6, 6.07) is 9.03. The number of rotatable bonds is 5. The van der Waals surface area contributed by atoms with Crippen LogP contribution in [0.4, 0.5) is 0 Å². The van der Waals surface area contributed by atoms with E-state index in [1.165, 1.54) is 29.7 Å². The zero-order valence-electron chi connectivity index (χ0n) is 12.9. The van der Waals surface area contributed by atoms with Crippen molar-refractivity contribution in [3.05, 3.63) is 29.8 Å². The lowest BCUT2D eigenvalue weighted by Gasteiger charge is -2.36. The molecule has 20 heavy (non-hydrogen) atoms. The second-order valence-electron chi connectivity index (χ2n) is 6.38. The molecule has 0 aromatic heterocycles. The van der Waals surface area contributed by atoms with E-state index in [1.54, 1.807) is 0 Å². The summed E-state index contributed by atoms with van der Waals surface area (Å²) >= 11 is 1.93. The third-order valence-electron chi connectivity index (χ3n) is 4.93. The van der Waals surface area contributed by atoms with Crippen LogP contribution in [-0.4, -0.2) is 11.8 Å². The zero-order valence-corrected chi connectivity index (χ0v) is 13.7. The fourth-order valence-corrected chi connectivity index (χ4v) is 4.37. The molecule has 112 valence electrons. The van der Waals surface area contributed by atoms with Gasteiger partial charge in [0.2, 0.25) is 0 Å². The Bertz CT molecular complexity index is 421. The lowest BCUT2D eigenvalue weighted by molar-refractivity contribution is 0.179. The summed E-state index contributed by atoms with van der Waals surface area (Å²) in [6.07, 6.45) is 3.97. The maximum Gasteiger partial charge on any atom is 0.0332 e. The van der Waals surface area contributed by atoms with Gasteiger partial charge in [-0.1, -0.05) is 38.5 Å². The molecular formula is C17H28N2S. The lowest BCUT2D eigenvalue weighted by atomic mass is 9.73. The Balaban J connectivity index is 1.91. The summed E-state index contributed by atoms with van der Waals surface area (Å²) in [7, 11) is 0. The average molecular weight is 292 g/mol. The van der Waals surface area contributed by atoms with Crippen LogP contribution in [0.25, 0.3) is 0 Å². The molecule has 1 fully saturated rings. The van der Waals surface area contributed by atoms with Gasteiger partial charge in [0.1, 0.15) is 0 Å². The zero-order chi connectivity index (χ0) is 14.5. The number of hydrazine groups is 1. The van der Waals surface area contributed by atoms with E-state index in [0.717, 1.165) is 23.5 Å². The van der Waals surface area contributed by atoms with Crippen LogP contribution in [0.15, 0.2) is 29.2 Å². The molecule has 1 saturated carbocycles. The van der Waals surface area contributed by atoms with Crippen LogP contribution in [0.2, 0.25) is 0 Å². The second kappa shape index (κ2) is 7.48. The highest BCUT2D eigenvalue weighted by Gasteiger charge is 2.29. The van der Waals surface area contributed by atoms with Crippen LogP contribution in [-0.2, 0) is 0 Å². The van der Waals surface area contributed by atoms with Gasteiger partial charge < -0.3 is 0 Å². The van der Waals surface area contributed by atoms with Crippen molar-refractivity contribution in [2.45, 2.75) is 51.0 Å². The van der Waals surface area contributed by atoms with Gasteiger partial charge in [-0.05, 0) is 49.1 Å². The molecule has 4 atom stereocenters. The van der Waals surface area contributed by atoms with Crippen LogP contribution in [0.1, 0.15) is 38.7 Å². The molecular weight excluding hydrogens is 264 g/mol. The molecule has 0 heterocycles. The molecule has 3 heteroatoms. The predicted octanol–water partition coefficient (Wildman–Crippen LogP) is 3.99. The molecule has 0 spiro atoms. The molecule has 1 aliphatic rings. The van der Waals surface area contributed by atoms with Gasteiger partial charge in [0.15, 0.2) is 0 Å². The topological polar surface area (TPSA) is 38.0 Å². The number of benzene rings is 1. The molecule has 2 rings (SSSR count). The molecule has 0 amide bonds. The summed E-state index contributed by atoms with van der Waals surface area (Å²) in [6.45, 7) is 6.95. The molecule has 0 saturated heterocycles. The van der Waals surface area contributed by atoms with Gasteiger partial charge in [-0.15, -0.1) is 11.8 Å². The minimum Gasteiger partial charge on any atom is -0.271 e. The molecule has 1 aromatic carbocycles. The number of thioether (sulfide) groups is 1. The molecule has 1 aliphatic carbocycles. The molecule has 0 aliphatic heterocycles. The molecule has 0 bridgehead atoms. The van der Waals surface area contributed by atoms with Crippen LogP contribution in [0.5, 0.6) is 0 Å². The highest BCUT2D eigenvalue weighted by atomic mass is 32.2. The minimum absolute atomic E-state index is 0.426. The van der Waals surface area contributed by atoms with Crippen LogP contribution in [0.3, 0.4) is 0 Å². The van der Waals surface area contributed by atoms with Crippen molar-refractivity contribution in [3.63, 3.8) is 0 Å². The summed E-state index contributed by atoms with van der Waals surface area (Å²) < 4.78 is 0. The Morgan fingerprint density at radius 3 is 2.65 bits per heavy atom. The molecule has 1 aromatic rings. The van der Waals surface area contributed by atoms with Crippen molar-refractivity contribution in [1.82, 2.24) is 5.43 Å². The highest BCUT2D eigenvalue weighted by Crippen LogP contribution is 2.36. The Labute approximate surface area is 127 Å². The van der Waals surface area contributed by atoms with E-state index >= 15 is 0 Å². The lowest BCUT2D eigenvalue weighted by Crippen LogP contribution is -2.45. The van der Waals surface area contributed by atoms with Gasteiger partial charge in [-0.3, -0.25) is 11.3 Å². The fourth-order valence-electron chi connectivity index (χ4n) is 3.17. The van der Waals surface area contributed by atoms with E-state index in [-0.39, 0.29) is 0 Å². The normalized spacial score (nSPS) is 28.3. The Morgan fingerprint density at radius 1 is 1.25 bits per heavy atom. The summed E-state index contributed by atoms with van der Waals surface area (Å²) in [4.78, 5) is 1.38. The first-order chi connectivity index (χ1) is 9.61.